The summed E-state index contributed by atoms with van der Waals surface area (Å²) in [4.78, 5) is 4.02. The Morgan fingerprint density at radius 2 is 2.10 bits per heavy atom. The summed E-state index contributed by atoms with van der Waals surface area (Å²) in [5.74, 6) is 0. The fourth-order valence-corrected chi connectivity index (χ4v) is 3.75. The van der Waals surface area contributed by atoms with E-state index in [1.165, 1.54) is 12.3 Å². The molecule has 21 heavy (non-hydrogen) atoms. The van der Waals surface area contributed by atoms with Crippen LogP contribution in [-0.2, 0) is 16.4 Å². The van der Waals surface area contributed by atoms with Crippen molar-refractivity contribution >= 4 is 48.9 Å². The third-order valence-corrected chi connectivity index (χ3v) is 4.99. The van der Waals surface area contributed by atoms with Gasteiger partial charge in [-0.05, 0) is 46.1 Å². The van der Waals surface area contributed by atoms with E-state index in [0.717, 1.165) is 0 Å². The smallest absolute Gasteiger partial charge is 0.262 e. The van der Waals surface area contributed by atoms with E-state index >= 15 is 0 Å². The first-order chi connectivity index (χ1) is 9.83. The molecule has 0 radical (unpaired) electrons. The van der Waals surface area contributed by atoms with Crippen LogP contribution in [0, 0.1) is 0 Å². The van der Waals surface area contributed by atoms with Crippen molar-refractivity contribution in [3.05, 3.63) is 45.7 Å². The summed E-state index contributed by atoms with van der Waals surface area (Å²) in [7, 11) is -3.79. The van der Waals surface area contributed by atoms with Crippen LogP contribution < -0.4 is 10.5 Å². The van der Waals surface area contributed by atoms with E-state index in [1.54, 1.807) is 18.2 Å². The molecular weight excluding hydrogens is 378 g/mol. The summed E-state index contributed by atoms with van der Waals surface area (Å²) in [6.07, 6.45) is 2.05. The van der Waals surface area contributed by atoms with Crippen LogP contribution in [0.3, 0.4) is 0 Å². The highest BCUT2D eigenvalue weighted by molar-refractivity contribution is 9.10. The third-order valence-electron chi connectivity index (χ3n) is 2.81. The van der Waals surface area contributed by atoms with Crippen LogP contribution in [0.25, 0.3) is 0 Å². The fourth-order valence-electron chi connectivity index (χ4n) is 1.81. The molecule has 5 nitrogen and oxygen atoms in total. The first-order valence-electron chi connectivity index (χ1n) is 6.05. The lowest BCUT2D eigenvalue weighted by molar-refractivity contribution is 0.600. The molecule has 2 aromatic rings. The SMILES string of the molecule is CCc1ccc(N)cc1S(=O)(=O)Nc1cc(Br)cnc1Cl. The minimum absolute atomic E-state index is 0.0729. The van der Waals surface area contributed by atoms with Crippen LogP contribution in [0.2, 0.25) is 5.15 Å². The van der Waals surface area contributed by atoms with Crippen LogP contribution in [-0.4, -0.2) is 13.4 Å². The number of aromatic nitrogens is 1. The molecule has 0 fully saturated rings. The number of nitrogen functional groups attached to an aromatic ring is 1. The zero-order valence-corrected chi connectivity index (χ0v) is 14.3. The van der Waals surface area contributed by atoms with Gasteiger partial charge in [0, 0.05) is 16.4 Å². The second kappa shape index (κ2) is 6.21. The lowest BCUT2D eigenvalue weighted by atomic mass is 10.1. The molecule has 2 rings (SSSR count). The number of hydrogen-bond acceptors (Lipinski definition) is 4. The minimum atomic E-state index is -3.79. The van der Waals surface area contributed by atoms with Crippen molar-refractivity contribution in [3.8, 4) is 0 Å². The van der Waals surface area contributed by atoms with Gasteiger partial charge in [-0.2, -0.15) is 0 Å². The van der Waals surface area contributed by atoms with Gasteiger partial charge in [0.2, 0.25) is 0 Å². The van der Waals surface area contributed by atoms with Crippen molar-refractivity contribution in [1.29, 1.82) is 0 Å². The number of anilines is 2. The predicted octanol–water partition coefficient (Wildman–Crippen LogP) is 3.44. The molecular formula is C13H13BrClN3O2S. The maximum absolute atomic E-state index is 12.5. The Labute approximate surface area is 136 Å². The molecule has 0 aliphatic heterocycles. The highest BCUT2D eigenvalue weighted by Gasteiger charge is 2.20. The van der Waals surface area contributed by atoms with Crippen LogP contribution in [0.1, 0.15) is 12.5 Å². The largest absolute Gasteiger partial charge is 0.399 e. The van der Waals surface area contributed by atoms with Gasteiger partial charge in [0.1, 0.15) is 0 Å². The number of aryl methyl sites for hydroxylation is 1. The molecule has 0 aliphatic rings. The summed E-state index contributed by atoms with van der Waals surface area (Å²) in [6.45, 7) is 1.87. The Kier molecular flexibility index (Phi) is 4.75. The van der Waals surface area contributed by atoms with Crippen molar-refractivity contribution in [3.63, 3.8) is 0 Å². The second-order valence-electron chi connectivity index (χ2n) is 4.32. The number of sulfonamides is 1. The summed E-state index contributed by atoms with van der Waals surface area (Å²) < 4.78 is 28.1. The van der Waals surface area contributed by atoms with Crippen LogP contribution in [0.4, 0.5) is 11.4 Å². The molecule has 1 heterocycles. The normalized spacial score (nSPS) is 11.4. The van der Waals surface area contributed by atoms with Crippen molar-refractivity contribution in [2.75, 3.05) is 10.5 Å². The Bertz CT molecular complexity index is 781. The van der Waals surface area contributed by atoms with E-state index in [-0.39, 0.29) is 15.7 Å². The predicted molar refractivity (Wildman–Crippen MR) is 88.0 cm³/mol. The molecule has 0 spiro atoms. The first kappa shape index (κ1) is 16.1. The Morgan fingerprint density at radius 1 is 1.38 bits per heavy atom. The molecule has 0 amide bonds. The molecule has 1 aromatic heterocycles. The molecule has 8 heteroatoms. The molecule has 0 aliphatic carbocycles. The second-order valence-corrected chi connectivity index (χ2v) is 7.24. The number of halogens is 2. The summed E-state index contributed by atoms with van der Waals surface area (Å²) in [5, 5.41) is 0.0729. The van der Waals surface area contributed by atoms with Gasteiger partial charge in [-0.3, -0.25) is 4.72 Å². The molecule has 1 aromatic carbocycles. The van der Waals surface area contributed by atoms with Gasteiger partial charge < -0.3 is 5.73 Å². The van der Waals surface area contributed by atoms with Gasteiger partial charge in [-0.15, -0.1) is 0 Å². The summed E-state index contributed by atoms with van der Waals surface area (Å²) >= 11 is 9.13. The lowest BCUT2D eigenvalue weighted by Crippen LogP contribution is -2.16. The molecule has 0 saturated carbocycles. The van der Waals surface area contributed by atoms with E-state index in [1.807, 2.05) is 6.92 Å². The molecule has 112 valence electrons. The molecule has 0 unspecified atom stereocenters. The van der Waals surface area contributed by atoms with Crippen LogP contribution in [0.5, 0.6) is 0 Å². The van der Waals surface area contributed by atoms with Crippen LogP contribution >= 0.6 is 27.5 Å². The maximum atomic E-state index is 12.5. The third kappa shape index (κ3) is 3.66. The number of benzene rings is 1. The minimum Gasteiger partial charge on any atom is -0.399 e. The number of rotatable bonds is 4. The lowest BCUT2D eigenvalue weighted by Gasteiger charge is -2.13. The number of pyridine rings is 1. The molecule has 0 saturated heterocycles. The quantitative estimate of drug-likeness (QED) is 0.618. The Balaban J connectivity index is 2.48. The van der Waals surface area contributed by atoms with Crippen LogP contribution in [0.15, 0.2) is 39.8 Å². The van der Waals surface area contributed by atoms with Crippen molar-refractivity contribution < 1.29 is 8.42 Å². The van der Waals surface area contributed by atoms with Gasteiger partial charge in [0.05, 0.1) is 10.6 Å². The average molecular weight is 391 g/mol. The zero-order valence-electron chi connectivity index (χ0n) is 11.1. The fraction of sp³-hybridized carbons (Fsp3) is 0.154. The Hall–Kier alpha value is -1.31. The zero-order chi connectivity index (χ0) is 15.6. The highest BCUT2D eigenvalue weighted by Crippen LogP contribution is 2.27. The number of nitrogens with two attached hydrogens (primary N) is 1. The monoisotopic (exact) mass is 389 g/mol. The van der Waals surface area contributed by atoms with Gasteiger partial charge in [-0.1, -0.05) is 24.6 Å². The maximum Gasteiger partial charge on any atom is 0.262 e. The average Bonchev–Trinajstić information content (AvgIpc) is 2.42. The summed E-state index contributed by atoms with van der Waals surface area (Å²) in [5.41, 5.74) is 6.95. The number of nitrogens with one attached hydrogen (secondary N) is 1. The van der Waals surface area contributed by atoms with E-state index < -0.39 is 10.0 Å². The van der Waals surface area contributed by atoms with Crippen molar-refractivity contribution in [2.24, 2.45) is 0 Å². The van der Waals surface area contributed by atoms with Gasteiger partial charge in [-0.25, -0.2) is 13.4 Å². The number of hydrogen-bond donors (Lipinski definition) is 2. The first-order valence-corrected chi connectivity index (χ1v) is 8.71. The van der Waals surface area contributed by atoms with E-state index in [0.29, 0.717) is 22.1 Å². The van der Waals surface area contributed by atoms with E-state index in [4.69, 9.17) is 17.3 Å². The van der Waals surface area contributed by atoms with E-state index in [9.17, 15) is 8.42 Å². The molecule has 0 bridgehead atoms. The molecule has 0 atom stereocenters. The van der Waals surface area contributed by atoms with Crippen molar-refractivity contribution in [1.82, 2.24) is 4.98 Å². The number of nitrogens with zero attached hydrogens (tertiary/aromatic N) is 1. The topological polar surface area (TPSA) is 85.1 Å². The van der Waals surface area contributed by atoms with Gasteiger partial charge in [0.25, 0.3) is 10.0 Å². The van der Waals surface area contributed by atoms with E-state index in [2.05, 4.69) is 25.6 Å². The van der Waals surface area contributed by atoms with Gasteiger partial charge in [0.15, 0.2) is 5.15 Å². The van der Waals surface area contributed by atoms with Gasteiger partial charge >= 0.3 is 0 Å². The standard InChI is InChI=1S/C13H13BrClN3O2S/c1-2-8-3-4-10(16)6-12(8)21(19,20)18-11-5-9(14)7-17-13(11)15/h3-7,18H,2,16H2,1H3. The Morgan fingerprint density at radius 3 is 2.76 bits per heavy atom. The highest BCUT2D eigenvalue weighted by atomic mass is 79.9. The van der Waals surface area contributed by atoms with Crippen molar-refractivity contribution in [2.45, 2.75) is 18.2 Å². The molecule has 3 N–H and O–H groups in total. The summed E-state index contributed by atoms with van der Waals surface area (Å²) in [6, 6.07) is 6.35.